The highest BCUT2D eigenvalue weighted by molar-refractivity contribution is 7.13. The van der Waals surface area contributed by atoms with Crippen molar-refractivity contribution in [3.05, 3.63) is 89.6 Å². The van der Waals surface area contributed by atoms with Crippen molar-refractivity contribution >= 4 is 45.3 Å². The fourth-order valence-corrected chi connectivity index (χ4v) is 6.58. The van der Waals surface area contributed by atoms with Crippen molar-refractivity contribution in [1.29, 1.82) is 0 Å². The van der Waals surface area contributed by atoms with Gasteiger partial charge in [0.1, 0.15) is 0 Å². The van der Waals surface area contributed by atoms with E-state index in [9.17, 15) is 10.2 Å². The van der Waals surface area contributed by atoms with Crippen molar-refractivity contribution in [1.82, 2.24) is 0 Å². The minimum absolute atomic E-state index is 0.731. The van der Waals surface area contributed by atoms with Gasteiger partial charge in [0.25, 0.3) is 0 Å². The van der Waals surface area contributed by atoms with Crippen LogP contribution in [0.3, 0.4) is 0 Å². The van der Waals surface area contributed by atoms with Gasteiger partial charge in [-0.3, -0.25) is 0 Å². The lowest BCUT2D eigenvalue weighted by atomic mass is 9.78. The zero-order valence-electron chi connectivity index (χ0n) is 12.5. The van der Waals surface area contributed by atoms with E-state index in [4.69, 9.17) is 0 Å². The zero-order chi connectivity index (χ0) is 16.6. The Labute approximate surface area is 155 Å². The molecule has 0 radical (unpaired) electrons. The van der Waals surface area contributed by atoms with Crippen LogP contribution in [0.5, 0.6) is 0 Å². The molecule has 0 aliphatic carbocycles. The molecule has 0 aliphatic heterocycles. The molecular formula is C18H14O2S4. The highest BCUT2D eigenvalue weighted by Gasteiger charge is 2.56. The lowest BCUT2D eigenvalue weighted by Crippen LogP contribution is -2.49. The molecule has 0 unspecified atom stereocenters. The first-order chi connectivity index (χ1) is 11.7. The molecule has 2 nitrogen and oxygen atoms in total. The van der Waals surface area contributed by atoms with Crippen LogP contribution in [0.4, 0.5) is 0 Å². The van der Waals surface area contributed by atoms with Crippen LogP contribution in [0.2, 0.25) is 0 Å². The normalized spacial score (nSPS) is 12.6. The molecule has 0 saturated heterocycles. The molecule has 0 fully saturated rings. The van der Waals surface area contributed by atoms with E-state index in [2.05, 4.69) is 0 Å². The summed E-state index contributed by atoms with van der Waals surface area (Å²) in [5.41, 5.74) is -3.07. The molecule has 6 heteroatoms. The predicted octanol–water partition coefficient (Wildman–Crippen LogP) is 5.10. The first-order valence-corrected chi connectivity index (χ1v) is 10.8. The topological polar surface area (TPSA) is 40.5 Å². The van der Waals surface area contributed by atoms with Crippen molar-refractivity contribution in [2.75, 3.05) is 0 Å². The molecule has 2 N–H and O–H groups in total. The Morgan fingerprint density at radius 2 is 0.750 bits per heavy atom. The molecule has 4 aromatic heterocycles. The first kappa shape index (κ1) is 16.2. The quantitative estimate of drug-likeness (QED) is 0.497. The van der Waals surface area contributed by atoms with Gasteiger partial charge >= 0.3 is 0 Å². The summed E-state index contributed by atoms with van der Waals surface area (Å²) in [5.74, 6) is 0. The van der Waals surface area contributed by atoms with Crippen molar-refractivity contribution < 1.29 is 10.2 Å². The number of rotatable bonds is 5. The van der Waals surface area contributed by atoms with Crippen molar-refractivity contribution in [2.24, 2.45) is 0 Å². The van der Waals surface area contributed by atoms with Crippen LogP contribution >= 0.6 is 45.3 Å². The average molecular weight is 391 g/mol. The maximum absolute atomic E-state index is 12.0. The molecule has 0 amide bonds. The van der Waals surface area contributed by atoms with Crippen molar-refractivity contribution in [3.63, 3.8) is 0 Å². The summed E-state index contributed by atoms with van der Waals surface area (Å²) in [6.07, 6.45) is 0. The summed E-state index contributed by atoms with van der Waals surface area (Å²) in [4.78, 5) is 2.92. The lowest BCUT2D eigenvalue weighted by molar-refractivity contribution is -0.104. The van der Waals surface area contributed by atoms with Gasteiger partial charge in [0.15, 0.2) is 11.2 Å². The van der Waals surface area contributed by atoms with E-state index < -0.39 is 11.2 Å². The molecule has 122 valence electrons. The number of aliphatic hydroxyl groups is 2. The van der Waals surface area contributed by atoms with Gasteiger partial charge in [-0.15, -0.1) is 45.3 Å². The van der Waals surface area contributed by atoms with E-state index in [0.29, 0.717) is 0 Å². The van der Waals surface area contributed by atoms with Crippen LogP contribution in [0.15, 0.2) is 70.1 Å². The summed E-state index contributed by atoms with van der Waals surface area (Å²) in [5, 5.41) is 31.7. The molecule has 0 aliphatic rings. The summed E-state index contributed by atoms with van der Waals surface area (Å²) in [6, 6.07) is 15.2. The smallest absolute Gasteiger partial charge is 0.171 e. The molecular weight excluding hydrogens is 376 g/mol. The second-order valence-corrected chi connectivity index (χ2v) is 9.12. The Morgan fingerprint density at radius 1 is 0.500 bits per heavy atom. The Kier molecular flexibility index (Phi) is 4.20. The minimum atomic E-state index is -1.54. The second kappa shape index (κ2) is 6.22. The van der Waals surface area contributed by atoms with E-state index in [1.165, 1.54) is 45.3 Å². The van der Waals surface area contributed by atoms with Crippen LogP contribution in [-0.4, -0.2) is 10.2 Å². The number of hydrogen-bond donors (Lipinski definition) is 2. The standard InChI is InChI=1S/C18H14O2S4/c19-17(13-5-1-9-21-13,14-6-2-10-22-14)18(20,15-7-3-11-23-15)16-8-4-12-24-16/h1-12,19-20H. The van der Waals surface area contributed by atoms with E-state index in [1.54, 1.807) is 0 Å². The van der Waals surface area contributed by atoms with Crippen LogP contribution < -0.4 is 0 Å². The Bertz CT molecular complexity index is 730. The Morgan fingerprint density at radius 3 is 0.917 bits per heavy atom. The third kappa shape index (κ3) is 2.26. The maximum Gasteiger partial charge on any atom is 0.171 e. The van der Waals surface area contributed by atoms with Crippen LogP contribution in [-0.2, 0) is 11.2 Å². The van der Waals surface area contributed by atoms with E-state index in [-0.39, 0.29) is 0 Å². The van der Waals surface area contributed by atoms with Crippen molar-refractivity contribution in [2.45, 2.75) is 11.2 Å². The second-order valence-electron chi connectivity index (χ2n) is 5.33. The van der Waals surface area contributed by atoms with Gasteiger partial charge in [0.05, 0.1) is 0 Å². The molecule has 0 aromatic carbocycles. The molecule has 4 rings (SSSR count). The summed E-state index contributed by atoms with van der Waals surface area (Å²) in [6.45, 7) is 0. The van der Waals surface area contributed by atoms with Gasteiger partial charge < -0.3 is 10.2 Å². The third-order valence-electron chi connectivity index (χ3n) is 4.03. The molecule has 0 saturated carbocycles. The monoisotopic (exact) mass is 390 g/mol. The molecule has 0 atom stereocenters. The third-order valence-corrected chi connectivity index (χ3v) is 7.95. The van der Waals surface area contributed by atoms with E-state index >= 15 is 0 Å². The fraction of sp³-hybridized carbons (Fsp3) is 0.111. The predicted molar refractivity (Wildman–Crippen MR) is 103 cm³/mol. The highest BCUT2D eigenvalue weighted by Crippen LogP contribution is 2.53. The van der Waals surface area contributed by atoms with Gasteiger partial charge in [0, 0.05) is 19.5 Å². The van der Waals surface area contributed by atoms with Gasteiger partial charge in [-0.1, -0.05) is 24.3 Å². The lowest BCUT2D eigenvalue weighted by Gasteiger charge is -2.41. The van der Waals surface area contributed by atoms with Crippen molar-refractivity contribution in [3.8, 4) is 0 Å². The largest absolute Gasteiger partial charge is 0.375 e. The highest BCUT2D eigenvalue weighted by atomic mass is 32.1. The van der Waals surface area contributed by atoms with Gasteiger partial charge in [0.2, 0.25) is 0 Å². The number of thiophene rings is 4. The molecule has 4 aromatic rings. The minimum Gasteiger partial charge on any atom is -0.375 e. The van der Waals surface area contributed by atoms with Crippen LogP contribution in [0.1, 0.15) is 19.5 Å². The van der Waals surface area contributed by atoms with Gasteiger partial charge in [-0.2, -0.15) is 0 Å². The Hall–Kier alpha value is -1.28. The van der Waals surface area contributed by atoms with Gasteiger partial charge in [-0.25, -0.2) is 0 Å². The van der Waals surface area contributed by atoms with Crippen LogP contribution in [0.25, 0.3) is 0 Å². The average Bonchev–Trinajstić information content (AvgIpc) is 3.41. The fourth-order valence-electron chi connectivity index (χ4n) is 2.89. The first-order valence-electron chi connectivity index (χ1n) is 7.28. The van der Waals surface area contributed by atoms with Gasteiger partial charge in [-0.05, 0) is 45.8 Å². The van der Waals surface area contributed by atoms with Crippen LogP contribution in [0, 0.1) is 0 Å². The molecule has 0 spiro atoms. The molecule has 0 bridgehead atoms. The summed E-state index contributed by atoms with van der Waals surface area (Å²) >= 11 is 5.82. The molecule has 4 heterocycles. The SMILES string of the molecule is OC(c1cccs1)(c1cccs1)C(O)(c1cccs1)c1cccs1. The zero-order valence-corrected chi connectivity index (χ0v) is 15.7. The number of hydrogen-bond acceptors (Lipinski definition) is 6. The molecule has 24 heavy (non-hydrogen) atoms. The summed E-state index contributed by atoms with van der Waals surface area (Å²) in [7, 11) is 0. The summed E-state index contributed by atoms with van der Waals surface area (Å²) < 4.78 is 0. The maximum atomic E-state index is 12.0. The Balaban J connectivity index is 2.05. The van der Waals surface area contributed by atoms with E-state index in [1.807, 2.05) is 70.1 Å². The van der Waals surface area contributed by atoms with E-state index in [0.717, 1.165) is 19.5 Å².